The van der Waals surface area contributed by atoms with Crippen molar-refractivity contribution in [2.45, 2.75) is 12.0 Å². The van der Waals surface area contributed by atoms with Gasteiger partial charge in [-0.05, 0) is 54.4 Å². The van der Waals surface area contributed by atoms with E-state index in [0.29, 0.717) is 40.9 Å². The summed E-state index contributed by atoms with van der Waals surface area (Å²) in [5, 5.41) is 27.6. The molecule has 1 aliphatic heterocycles. The number of rotatable bonds is 6. The number of anilines is 1. The fourth-order valence-corrected chi connectivity index (χ4v) is 4.45. The molecule has 33 heavy (non-hydrogen) atoms. The van der Waals surface area contributed by atoms with Crippen LogP contribution in [0.1, 0.15) is 11.1 Å². The van der Waals surface area contributed by atoms with Crippen LogP contribution in [0.3, 0.4) is 0 Å². The zero-order valence-electron chi connectivity index (χ0n) is 17.5. The van der Waals surface area contributed by atoms with E-state index in [9.17, 15) is 24.0 Å². The quantitative estimate of drug-likeness (QED) is 0.350. The van der Waals surface area contributed by atoms with Crippen LogP contribution in [0.25, 0.3) is 16.6 Å². The zero-order valence-corrected chi connectivity index (χ0v) is 17.5. The summed E-state index contributed by atoms with van der Waals surface area (Å²) in [5.74, 6) is -0.348. The third-order valence-electron chi connectivity index (χ3n) is 6.15. The highest BCUT2D eigenvalue weighted by molar-refractivity contribution is 5.81. The SMILES string of the molecule is O=[N+]([O-])c1cccc2c1CCN2CC(O)(CF)c1ccc2c(cnn2-c2ccc(F)cc2)c1. The number of hydrogen-bond acceptors (Lipinski definition) is 5. The van der Waals surface area contributed by atoms with Crippen LogP contribution in [0.4, 0.5) is 20.2 Å². The van der Waals surface area contributed by atoms with Gasteiger partial charge in [-0.2, -0.15) is 5.10 Å². The smallest absolute Gasteiger partial charge is 0.274 e. The van der Waals surface area contributed by atoms with E-state index < -0.39 is 17.2 Å². The number of nitrogens with zero attached hydrogens (tertiary/aromatic N) is 4. The molecular weight excluding hydrogens is 430 g/mol. The molecular formula is C24H20F2N4O3. The third kappa shape index (κ3) is 3.60. The third-order valence-corrected chi connectivity index (χ3v) is 6.15. The lowest BCUT2D eigenvalue weighted by atomic mass is 9.93. The Hall–Kier alpha value is -3.85. The number of aromatic nitrogens is 2. The highest BCUT2D eigenvalue weighted by atomic mass is 19.1. The molecule has 0 bridgehead atoms. The second kappa shape index (κ2) is 7.93. The first-order chi connectivity index (χ1) is 15.9. The van der Waals surface area contributed by atoms with E-state index in [2.05, 4.69) is 5.10 Å². The molecule has 1 N–H and O–H groups in total. The van der Waals surface area contributed by atoms with E-state index in [1.54, 1.807) is 58.2 Å². The summed E-state index contributed by atoms with van der Waals surface area (Å²) in [4.78, 5) is 12.7. The zero-order chi connectivity index (χ0) is 23.2. The van der Waals surface area contributed by atoms with Gasteiger partial charge in [0.1, 0.15) is 18.1 Å². The van der Waals surface area contributed by atoms with Gasteiger partial charge in [0.2, 0.25) is 0 Å². The fourth-order valence-electron chi connectivity index (χ4n) is 4.45. The maximum Gasteiger partial charge on any atom is 0.274 e. The Labute approximate surface area is 187 Å². The molecule has 4 aromatic rings. The number of alkyl halides is 1. The Balaban J connectivity index is 1.47. The first-order valence-corrected chi connectivity index (χ1v) is 10.4. The van der Waals surface area contributed by atoms with Crippen LogP contribution >= 0.6 is 0 Å². The predicted molar refractivity (Wildman–Crippen MR) is 120 cm³/mol. The molecule has 0 radical (unpaired) electrons. The first kappa shape index (κ1) is 21.0. The van der Waals surface area contributed by atoms with Crippen LogP contribution in [-0.4, -0.2) is 39.6 Å². The van der Waals surface area contributed by atoms with Crippen molar-refractivity contribution in [3.05, 3.63) is 93.9 Å². The van der Waals surface area contributed by atoms with E-state index in [1.165, 1.54) is 18.2 Å². The van der Waals surface area contributed by atoms with Crippen molar-refractivity contribution in [2.24, 2.45) is 0 Å². The molecule has 0 saturated carbocycles. The number of hydrogen-bond donors (Lipinski definition) is 1. The Morgan fingerprint density at radius 1 is 1.15 bits per heavy atom. The minimum atomic E-state index is -1.81. The van der Waals surface area contributed by atoms with Crippen LogP contribution in [-0.2, 0) is 12.0 Å². The molecule has 0 aliphatic carbocycles. The number of nitro benzene ring substituents is 1. The van der Waals surface area contributed by atoms with Gasteiger partial charge in [0.15, 0.2) is 0 Å². The van der Waals surface area contributed by atoms with Crippen LogP contribution in [0.5, 0.6) is 0 Å². The lowest BCUT2D eigenvalue weighted by Crippen LogP contribution is -2.42. The largest absolute Gasteiger partial charge is 0.381 e. The van der Waals surface area contributed by atoms with Gasteiger partial charge in [-0.15, -0.1) is 0 Å². The van der Waals surface area contributed by atoms with Gasteiger partial charge in [0.25, 0.3) is 5.69 Å². The molecule has 1 atom stereocenters. The van der Waals surface area contributed by atoms with E-state index in [0.717, 1.165) is 5.52 Å². The molecule has 5 rings (SSSR count). The maximum absolute atomic E-state index is 14.2. The van der Waals surface area contributed by atoms with E-state index >= 15 is 0 Å². The van der Waals surface area contributed by atoms with E-state index in [1.807, 2.05) is 0 Å². The van der Waals surface area contributed by atoms with Gasteiger partial charge >= 0.3 is 0 Å². The lowest BCUT2D eigenvalue weighted by molar-refractivity contribution is -0.385. The standard InChI is InChI=1S/C24H20F2N4O3/c25-14-24(31,15-28-11-10-20-22(28)2-1-3-23(20)30(32)33)17-4-9-21-16(12-17)13-27-29(21)19-7-5-18(26)6-8-19/h1-9,12-13,31H,10-11,14-15H2. The molecule has 1 aliphatic rings. The van der Waals surface area contributed by atoms with Crippen molar-refractivity contribution in [2.75, 3.05) is 24.7 Å². The monoisotopic (exact) mass is 450 g/mol. The van der Waals surface area contributed by atoms with Crippen molar-refractivity contribution < 1.29 is 18.8 Å². The van der Waals surface area contributed by atoms with Crippen molar-refractivity contribution in [1.29, 1.82) is 0 Å². The molecule has 1 unspecified atom stereocenters. The second-order valence-corrected chi connectivity index (χ2v) is 8.18. The van der Waals surface area contributed by atoms with Crippen molar-refractivity contribution in [3.63, 3.8) is 0 Å². The molecule has 0 spiro atoms. The summed E-state index contributed by atoms with van der Waals surface area (Å²) in [6, 6.07) is 15.8. The fraction of sp³-hybridized carbons (Fsp3) is 0.208. The first-order valence-electron chi connectivity index (χ1n) is 10.4. The normalized spacial score (nSPS) is 14.9. The number of benzene rings is 3. The Morgan fingerprint density at radius 2 is 1.94 bits per heavy atom. The van der Waals surface area contributed by atoms with Gasteiger partial charge < -0.3 is 10.0 Å². The number of β-amino-alcohol motifs (C(OH)–C–C–N with tert-alkyl or cyclic N) is 1. The summed E-state index contributed by atoms with van der Waals surface area (Å²) in [6.45, 7) is -0.617. The maximum atomic E-state index is 14.2. The average Bonchev–Trinajstić information content (AvgIpc) is 3.43. The van der Waals surface area contributed by atoms with Crippen LogP contribution < -0.4 is 4.90 Å². The molecule has 3 aromatic carbocycles. The molecule has 0 fully saturated rings. The predicted octanol–water partition coefficient (Wildman–Crippen LogP) is 4.29. The number of aliphatic hydroxyl groups is 1. The van der Waals surface area contributed by atoms with Gasteiger partial charge in [0, 0.05) is 23.7 Å². The van der Waals surface area contributed by atoms with Gasteiger partial charge in [-0.25, -0.2) is 13.5 Å². The van der Waals surface area contributed by atoms with E-state index in [-0.39, 0.29) is 18.0 Å². The Morgan fingerprint density at radius 3 is 2.67 bits per heavy atom. The average molecular weight is 450 g/mol. The van der Waals surface area contributed by atoms with Crippen molar-refractivity contribution >= 4 is 22.3 Å². The van der Waals surface area contributed by atoms with E-state index in [4.69, 9.17) is 0 Å². The lowest BCUT2D eigenvalue weighted by Gasteiger charge is -2.32. The molecule has 9 heteroatoms. The van der Waals surface area contributed by atoms with Crippen LogP contribution in [0.2, 0.25) is 0 Å². The number of fused-ring (bicyclic) bond motifs is 2. The highest BCUT2D eigenvalue weighted by Gasteiger charge is 2.36. The molecule has 2 heterocycles. The van der Waals surface area contributed by atoms with Crippen LogP contribution in [0, 0.1) is 15.9 Å². The molecule has 1 aromatic heterocycles. The summed E-state index contributed by atoms with van der Waals surface area (Å²) in [7, 11) is 0. The Kier molecular flexibility index (Phi) is 5.05. The molecule has 168 valence electrons. The topological polar surface area (TPSA) is 84.4 Å². The van der Waals surface area contributed by atoms with Crippen molar-refractivity contribution in [1.82, 2.24) is 9.78 Å². The van der Waals surface area contributed by atoms with Gasteiger partial charge in [0.05, 0.1) is 34.4 Å². The second-order valence-electron chi connectivity index (χ2n) is 8.18. The minimum Gasteiger partial charge on any atom is -0.381 e. The van der Waals surface area contributed by atoms with Crippen LogP contribution in [0.15, 0.2) is 66.9 Å². The number of halogens is 2. The van der Waals surface area contributed by atoms with Crippen molar-refractivity contribution in [3.8, 4) is 5.69 Å². The number of nitro groups is 1. The molecule has 0 saturated heterocycles. The molecule has 0 amide bonds. The minimum absolute atomic E-state index is 0.0356. The summed E-state index contributed by atoms with van der Waals surface area (Å²) >= 11 is 0. The highest BCUT2D eigenvalue weighted by Crippen LogP contribution is 2.37. The van der Waals surface area contributed by atoms with Gasteiger partial charge in [-0.3, -0.25) is 10.1 Å². The van der Waals surface area contributed by atoms with Gasteiger partial charge in [-0.1, -0.05) is 12.1 Å². The summed E-state index contributed by atoms with van der Waals surface area (Å²) in [5.41, 5.74) is 1.26. The summed E-state index contributed by atoms with van der Waals surface area (Å²) in [6.07, 6.45) is 2.06. The summed E-state index contributed by atoms with van der Waals surface area (Å²) < 4.78 is 29.1. The Bertz CT molecular complexity index is 1360. The molecule has 7 nitrogen and oxygen atoms in total.